The predicted molar refractivity (Wildman–Crippen MR) is 121 cm³/mol. The van der Waals surface area contributed by atoms with Crippen LogP contribution in [-0.2, 0) is 16.1 Å². The predicted octanol–water partition coefficient (Wildman–Crippen LogP) is 4.88. The first kappa shape index (κ1) is 23.2. The van der Waals surface area contributed by atoms with Crippen molar-refractivity contribution in [3.05, 3.63) is 73.8 Å². The van der Waals surface area contributed by atoms with Crippen molar-refractivity contribution in [2.75, 3.05) is 0 Å². The molecule has 0 aromatic heterocycles. The van der Waals surface area contributed by atoms with E-state index in [9.17, 15) is 24.5 Å². The van der Waals surface area contributed by atoms with Gasteiger partial charge in [-0.2, -0.15) is 5.01 Å². The number of carbonyl (C=O) groups is 3. The largest absolute Gasteiger partial charge is 0.282 e. The van der Waals surface area contributed by atoms with Crippen LogP contribution in [0.15, 0.2) is 42.5 Å². The fourth-order valence-corrected chi connectivity index (χ4v) is 4.93. The summed E-state index contributed by atoms with van der Waals surface area (Å²) in [6, 6.07) is 10.1. The summed E-state index contributed by atoms with van der Waals surface area (Å²) in [4.78, 5) is 51.1. The number of halogens is 2. The van der Waals surface area contributed by atoms with Crippen molar-refractivity contribution in [3.8, 4) is 0 Å². The molecular formula is C23H21Cl2N3O5. The highest BCUT2D eigenvalue weighted by Crippen LogP contribution is 2.41. The van der Waals surface area contributed by atoms with Gasteiger partial charge in [-0.15, -0.1) is 0 Å². The molecule has 0 bridgehead atoms. The topological polar surface area (TPSA) is 101 Å². The highest BCUT2D eigenvalue weighted by atomic mass is 35.5. The van der Waals surface area contributed by atoms with Gasteiger partial charge in [0.2, 0.25) is 0 Å². The lowest BCUT2D eigenvalue weighted by atomic mass is 9.76. The molecule has 3 amide bonds. The second kappa shape index (κ2) is 9.11. The molecule has 0 N–H and O–H groups in total. The van der Waals surface area contributed by atoms with Crippen LogP contribution in [0, 0.1) is 27.9 Å². The fourth-order valence-electron chi connectivity index (χ4n) is 4.61. The summed E-state index contributed by atoms with van der Waals surface area (Å²) >= 11 is 12.1. The number of para-hydroxylation sites is 1. The third kappa shape index (κ3) is 4.32. The van der Waals surface area contributed by atoms with Gasteiger partial charge in [-0.25, -0.2) is 5.01 Å². The van der Waals surface area contributed by atoms with Crippen molar-refractivity contribution in [2.45, 2.75) is 32.7 Å². The van der Waals surface area contributed by atoms with Gasteiger partial charge in [0.15, 0.2) is 0 Å². The third-order valence-corrected chi connectivity index (χ3v) is 7.03. The smallest absolute Gasteiger partial charge is 0.272 e. The number of nitro benzene ring substituents is 1. The van der Waals surface area contributed by atoms with Gasteiger partial charge in [-0.3, -0.25) is 24.5 Å². The van der Waals surface area contributed by atoms with E-state index in [0.29, 0.717) is 23.4 Å². The van der Waals surface area contributed by atoms with E-state index in [2.05, 4.69) is 0 Å². The number of nitrogens with zero attached hydrogens (tertiary/aromatic N) is 3. The number of carbonyl (C=O) groups excluding carboxylic acids is 3. The van der Waals surface area contributed by atoms with E-state index in [-0.39, 0.29) is 23.0 Å². The summed E-state index contributed by atoms with van der Waals surface area (Å²) in [7, 11) is 0. The summed E-state index contributed by atoms with van der Waals surface area (Å²) in [5.41, 5.74) is -0.113. The zero-order valence-electron chi connectivity index (χ0n) is 17.7. The first-order valence-corrected chi connectivity index (χ1v) is 11.3. The summed E-state index contributed by atoms with van der Waals surface area (Å²) in [6.07, 6.45) is 1.94. The molecule has 1 aliphatic heterocycles. The molecule has 0 radical (unpaired) electrons. The first-order chi connectivity index (χ1) is 15.7. The quantitative estimate of drug-likeness (QED) is 0.338. The highest BCUT2D eigenvalue weighted by Gasteiger charge is 2.52. The monoisotopic (exact) mass is 489 g/mol. The van der Waals surface area contributed by atoms with Gasteiger partial charge >= 0.3 is 0 Å². The minimum absolute atomic E-state index is 0.186. The lowest BCUT2D eigenvalue weighted by Gasteiger charge is -2.30. The molecule has 10 heteroatoms. The number of fused-ring (bicyclic) bond motifs is 1. The number of hydrazine groups is 1. The van der Waals surface area contributed by atoms with E-state index in [1.807, 2.05) is 6.92 Å². The van der Waals surface area contributed by atoms with Crippen molar-refractivity contribution in [3.63, 3.8) is 0 Å². The fraction of sp³-hybridized carbons (Fsp3) is 0.348. The van der Waals surface area contributed by atoms with E-state index in [1.54, 1.807) is 12.1 Å². The molecule has 1 saturated carbocycles. The van der Waals surface area contributed by atoms with Gasteiger partial charge in [-0.1, -0.05) is 48.3 Å². The number of nitro groups is 1. The van der Waals surface area contributed by atoms with Gasteiger partial charge in [0.25, 0.3) is 23.4 Å². The molecule has 2 aromatic rings. The number of imide groups is 1. The van der Waals surface area contributed by atoms with Crippen LogP contribution >= 0.6 is 23.2 Å². The van der Waals surface area contributed by atoms with Gasteiger partial charge in [0.05, 0.1) is 33.3 Å². The van der Waals surface area contributed by atoms with E-state index in [4.69, 9.17) is 23.2 Å². The average Bonchev–Trinajstić information content (AvgIpc) is 3.03. The molecule has 0 unspecified atom stereocenters. The standard InChI is InChI=1S/C23H21Cl2N3O5/c1-13-6-8-15-17(10-13)23(31)27(22(15)30)26(12-14-7-9-18(24)19(25)11-14)21(29)16-4-2-3-5-20(16)28(32)33/h2-5,7,9,11,13,15,17H,6,8,10,12H2,1H3/t13-,15+,17+/m1/s1. The van der Waals surface area contributed by atoms with Crippen LogP contribution in [0.1, 0.15) is 42.1 Å². The molecule has 1 saturated heterocycles. The normalized spacial score (nSPS) is 22.3. The highest BCUT2D eigenvalue weighted by molar-refractivity contribution is 6.42. The van der Waals surface area contributed by atoms with Crippen LogP contribution in [0.25, 0.3) is 0 Å². The number of amides is 3. The van der Waals surface area contributed by atoms with E-state index in [0.717, 1.165) is 16.4 Å². The Morgan fingerprint density at radius 3 is 2.48 bits per heavy atom. The number of benzene rings is 2. The van der Waals surface area contributed by atoms with Crippen molar-refractivity contribution in [2.24, 2.45) is 17.8 Å². The first-order valence-electron chi connectivity index (χ1n) is 10.6. The number of rotatable bonds is 5. The van der Waals surface area contributed by atoms with Gasteiger partial charge in [-0.05, 0) is 48.9 Å². The molecule has 4 rings (SSSR count). The molecule has 2 aromatic carbocycles. The summed E-state index contributed by atoms with van der Waals surface area (Å²) in [5, 5.41) is 14.0. The van der Waals surface area contributed by atoms with Crippen LogP contribution in [0.3, 0.4) is 0 Å². The molecule has 1 heterocycles. The van der Waals surface area contributed by atoms with Crippen molar-refractivity contribution < 1.29 is 19.3 Å². The summed E-state index contributed by atoms with van der Waals surface area (Å²) < 4.78 is 0. The Morgan fingerprint density at radius 1 is 1.09 bits per heavy atom. The Bertz CT molecular complexity index is 1150. The van der Waals surface area contributed by atoms with Crippen LogP contribution in [-0.4, -0.2) is 32.7 Å². The second-order valence-electron chi connectivity index (χ2n) is 8.51. The Morgan fingerprint density at radius 2 is 1.79 bits per heavy atom. The van der Waals surface area contributed by atoms with Gasteiger partial charge in [0, 0.05) is 6.07 Å². The van der Waals surface area contributed by atoms with Crippen molar-refractivity contribution in [1.29, 1.82) is 0 Å². The Balaban J connectivity index is 1.77. The molecule has 0 spiro atoms. The molecule has 1 aliphatic carbocycles. The minimum atomic E-state index is -0.818. The SMILES string of the molecule is C[C@@H]1CC[C@@H]2C(=O)N(N(Cc3ccc(Cl)c(Cl)c3)C(=O)c3ccccc3[N+](=O)[O-])C(=O)[C@H]2C1. The maximum atomic E-state index is 13.6. The Kier molecular flexibility index (Phi) is 6.41. The third-order valence-electron chi connectivity index (χ3n) is 6.29. The van der Waals surface area contributed by atoms with Gasteiger partial charge < -0.3 is 0 Å². The zero-order chi connectivity index (χ0) is 23.9. The Hall–Kier alpha value is -2.97. The van der Waals surface area contributed by atoms with Crippen molar-refractivity contribution >= 4 is 46.6 Å². The maximum Gasteiger partial charge on any atom is 0.282 e. The molecule has 2 aliphatic rings. The average molecular weight is 490 g/mol. The van der Waals surface area contributed by atoms with Crippen LogP contribution in [0.5, 0.6) is 0 Å². The maximum absolute atomic E-state index is 13.6. The number of hydrogen-bond acceptors (Lipinski definition) is 5. The zero-order valence-corrected chi connectivity index (χ0v) is 19.3. The van der Waals surface area contributed by atoms with Crippen molar-refractivity contribution in [1.82, 2.24) is 10.0 Å². The molecule has 33 heavy (non-hydrogen) atoms. The van der Waals surface area contributed by atoms with Crippen LogP contribution < -0.4 is 0 Å². The Labute approximate surface area is 200 Å². The summed E-state index contributed by atoms with van der Waals surface area (Å²) in [6.45, 7) is 1.84. The lowest BCUT2D eigenvalue weighted by molar-refractivity contribution is -0.385. The molecule has 8 nitrogen and oxygen atoms in total. The molecule has 2 fully saturated rings. The second-order valence-corrected chi connectivity index (χ2v) is 9.32. The minimum Gasteiger partial charge on any atom is -0.272 e. The number of hydrogen-bond donors (Lipinski definition) is 0. The van der Waals surface area contributed by atoms with E-state index >= 15 is 0 Å². The lowest BCUT2D eigenvalue weighted by Crippen LogP contribution is -2.50. The van der Waals surface area contributed by atoms with Gasteiger partial charge in [0.1, 0.15) is 5.56 Å². The molecular weight excluding hydrogens is 469 g/mol. The summed E-state index contributed by atoms with van der Waals surface area (Å²) in [5.74, 6) is -2.44. The van der Waals surface area contributed by atoms with E-state index < -0.39 is 40.2 Å². The van der Waals surface area contributed by atoms with Crippen LogP contribution in [0.4, 0.5) is 5.69 Å². The molecule has 3 atom stereocenters. The van der Waals surface area contributed by atoms with E-state index in [1.165, 1.54) is 30.3 Å². The van der Waals surface area contributed by atoms with Crippen LogP contribution in [0.2, 0.25) is 10.0 Å². The molecule has 172 valence electrons.